The summed E-state index contributed by atoms with van der Waals surface area (Å²) >= 11 is 7.60. The number of halogens is 1. The van der Waals surface area contributed by atoms with Gasteiger partial charge in [-0.2, -0.15) is 0 Å². The zero-order valence-corrected chi connectivity index (χ0v) is 16.2. The number of aryl methyl sites for hydroxylation is 1. The first-order valence-corrected chi connectivity index (χ1v) is 9.55. The first-order valence-electron chi connectivity index (χ1n) is 8.29. The number of carbonyl (C=O) groups is 1. The fraction of sp³-hybridized carbons (Fsp3) is 0.200. The highest BCUT2D eigenvalue weighted by atomic mass is 35.5. The van der Waals surface area contributed by atoms with Crippen molar-refractivity contribution in [3.63, 3.8) is 0 Å². The lowest BCUT2D eigenvalue weighted by Gasteiger charge is -2.07. The highest BCUT2D eigenvalue weighted by Gasteiger charge is 2.12. The largest absolute Gasteiger partial charge is 0.493 e. The van der Waals surface area contributed by atoms with Crippen LogP contribution in [0.15, 0.2) is 47.8 Å². The van der Waals surface area contributed by atoms with E-state index >= 15 is 0 Å². The molecule has 134 valence electrons. The summed E-state index contributed by atoms with van der Waals surface area (Å²) in [4.78, 5) is 16.9. The van der Waals surface area contributed by atoms with Crippen molar-refractivity contribution in [1.29, 1.82) is 0 Å². The van der Waals surface area contributed by atoms with E-state index < -0.39 is 0 Å². The molecule has 0 aliphatic carbocycles. The van der Waals surface area contributed by atoms with Gasteiger partial charge in [0.25, 0.3) is 0 Å². The first kappa shape index (κ1) is 18.4. The van der Waals surface area contributed by atoms with Crippen LogP contribution in [0.25, 0.3) is 10.6 Å². The third-order valence-electron chi connectivity index (χ3n) is 3.77. The van der Waals surface area contributed by atoms with E-state index in [0.29, 0.717) is 17.3 Å². The highest BCUT2D eigenvalue weighted by molar-refractivity contribution is 7.13. The number of nitrogens with one attached hydrogen (secondary N) is 1. The summed E-state index contributed by atoms with van der Waals surface area (Å²) in [6.07, 6.45) is 0.207. The molecule has 2 aromatic carbocycles. The molecule has 1 N–H and O–H groups in total. The van der Waals surface area contributed by atoms with E-state index in [1.54, 1.807) is 6.07 Å². The molecule has 0 radical (unpaired) electrons. The van der Waals surface area contributed by atoms with Gasteiger partial charge >= 0.3 is 0 Å². The van der Waals surface area contributed by atoms with Crippen molar-refractivity contribution in [2.75, 3.05) is 11.9 Å². The van der Waals surface area contributed by atoms with Crippen molar-refractivity contribution in [1.82, 2.24) is 4.98 Å². The van der Waals surface area contributed by atoms with Gasteiger partial charge in [-0.3, -0.25) is 4.79 Å². The topological polar surface area (TPSA) is 51.2 Å². The molecule has 0 saturated carbocycles. The van der Waals surface area contributed by atoms with E-state index in [0.717, 1.165) is 27.6 Å². The molecule has 4 nitrogen and oxygen atoms in total. The fourth-order valence-electron chi connectivity index (χ4n) is 2.48. The molecule has 26 heavy (non-hydrogen) atoms. The van der Waals surface area contributed by atoms with Crippen molar-refractivity contribution in [3.8, 4) is 16.3 Å². The van der Waals surface area contributed by atoms with Gasteiger partial charge in [-0.05, 0) is 43.7 Å². The predicted octanol–water partition coefficient (Wildman–Crippen LogP) is 5.35. The zero-order valence-electron chi connectivity index (χ0n) is 14.6. The standard InChI is InChI=1S/C20H19ClN2O2S/c1-3-25-18-7-5-4-6-16(18)20-23-15(12-26-20)11-19(24)22-14-9-8-13(2)17(21)10-14/h4-10,12H,3,11H2,1-2H3,(H,22,24). The summed E-state index contributed by atoms with van der Waals surface area (Å²) in [7, 11) is 0. The van der Waals surface area contributed by atoms with Crippen LogP contribution in [0, 0.1) is 6.92 Å². The van der Waals surface area contributed by atoms with Gasteiger partial charge in [-0.25, -0.2) is 4.98 Å². The summed E-state index contributed by atoms with van der Waals surface area (Å²) < 4.78 is 5.66. The SMILES string of the molecule is CCOc1ccccc1-c1nc(CC(=O)Nc2ccc(C)c(Cl)c2)cs1. The van der Waals surface area contributed by atoms with Crippen LogP contribution in [-0.4, -0.2) is 17.5 Å². The van der Waals surface area contributed by atoms with Crippen LogP contribution in [0.5, 0.6) is 5.75 Å². The summed E-state index contributed by atoms with van der Waals surface area (Å²) in [6.45, 7) is 4.47. The lowest BCUT2D eigenvalue weighted by atomic mass is 10.2. The quantitative estimate of drug-likeness (QED) is 0.621. The monoisotopic (exact) mass is 386 g/mol. The smallest absolute Gasteiger partial charge is 0.230 e. The molecule has 0 unspecified atom stereocenters. The average Bonchev–Trinajstić information content (AvgIpc) is 3.07. The van der Waals surface area contributed by atoms with Crippen molar-refractivity contribution in [2.24, 2.45) is 0 Å². The summed E-state index contributed by atoms with van der Waals surface area (Å²) in [6, 6.07) is 13.2. The number of carbonyl (C=O) groups excluding carboxylic acids is 1. The van der Waals surface area contributed by atoms with E-state index in [1.807, 2.05) is 55.6 Å². The third kappa shape index (κ3) is 4.42. The van der Waals surface area contributed by atoms with Crippen LogP contribution >= 0.6 is 22.9 Å². The van der Waals surface area contributed by atoms with Crippen molar-refractivity contribution < 1.29 is 9.53 Å². The van der Waals surface area contributed by atoms with Crippen LogP contribution in [-0.2, 0) is 11.2 Å². The summed E-state index contributed by atoms with van der Waals surface area (Å²) in [5.41, 5.74) is 3.33. The molecule has 0 aliphatic rings. The Morgan fingerprint density at radius 3 is 2.85 bits per heavy atom. The Morgan fingerprint density at radius 2 is 2.08 bits per heavy atom. The molecule has 6 heteroatoms. The molecule has 0 saturated heterocycles. The number of hydrogen-bond acceptors (Lipinski definition) is 4. The van der Waals surface area contributed by atoms with Gasteiger partial charge < -0.3 is 10.1 Å². The molecular weight excluding hydrogens is 368 g/mol. The van der Waals surface area contributed by atoms with Gasteiger partial charge in [-0.1, -0.05) is 29.8 Å². The van der Waals surface area contributed by atoms with E-state index in [9.17, 15) is 4.79 Å². The zero-order chi connectivity index (χ0) is 18.5. The van der Waals surface area contributed by atoms with Crippen molar-refractivity contribution in [3.05, 3.63) is 64.1 Å². The normalized spacial score (nSPS) is 10.6. The van der Waals surface area contributed by atoms with Crippen LogP contribution in [0.1, 0.15) is 18.2 Å². The fourth-order valence-corrected chi connectivity index (χ4v) is 3.51. The Labute approximate surface area is 161 Å². The minimum atomic E-state index is -0.125. The number of rotatable bonds is 6. The Bertz CT molecular complexity index is 924. The second kappa shape index (κ2) is 8.34. The van der Waals surface area contributed by atoms with Gasteiger partial charge in [-0.15, -0.1) is 11.3 Å². The highest BCUT2D eigenvalue weighted by Crippen LogP contribution is 2.32. The maximum Gasteiger partial charge on any atom is 0.230 e. The number of hydrogen-bond donors (Lipinski definition) is 1. The van der Waals surface area contributed by atoms with E-state index in [1.165, 1.54) is 11.3 Å². The van der Waals surface area contributed by atoms with Gasteiger partial charge in [0.1, 0.15) is 10.8 Å². The van der Waals surface area contributed by atoms with Crippen molar-refractivity contribution >= 4 is 34.5 Å². The number of para-hydroxylation sites is 1. The van der Waals surface area contributed by atoms with Gasteiger partial charge in [0, 0.05) is 16.1 Å². The number of thiazole rings is 1. The van der Waals surface area contributed by atoms with Crippen LogP contribution in [0.4, 0.5) is 5.69 Å². The second-order valence-electron chi connectivity index (χ2n) is 5.76. The lowest BCUT2D eigenvalue weighted by Crippen LogP contribution is -2.14. The average molecular weight is 387 g/mol. The van der Waals surface area contributed by atoms with Crippen LogP contribution in [0.3, 0.4) is 0 Å². The Morgan fingerprint density at radius 1 is 1.27 bits per heavy atom. The minimum absolute atomic E-state index is 0.125. The Kier molecular flexibility index (Phi) is 5.91. The number of benzene rings is 2. The maximum absolute atomic E-state index is 12.3. The predicted molar refractivity (Wildman–Crippen MR) is 107 cm³/mol. The Balaban J connectivity index is 1.70. The maximum atomic E-state index is 12.3. The summed E-state index contributed by atoms with van der Waals surface area (Å²) in [5, 5.41) is 6.23. The molecule has 3 aromatic rings. The van der Waals surface area contributed by atoms with Crippen LogP contribution < -0.4 is 10.1 Å². The number of aromatic nitrogens is 1. The summed E-state index contributed by atoms with van der Waals surface area (Å²) in [5.74, 6) is 0.675. The van der Waals surface area contributed by atoms with E-state index in [4.69, 9.17) is 16.3 Å². The molecule has 0 bridgehead atoms. The molecule has 0 atom stereocenters. The number of nitrogens with zero attached hydrogens (tertiary/aromatic N) is 1. The van der Waals surface area contributed by atoms with Gasteiger partial charge in [0.2, 0.25) is 5.91 Å². The Hall–Kier alpha value is -2.37. The van der Waals surface area contributed by atoms with Gasteiger partial charge in [0.05, 0.1) is 24.3 Å². The lowest BCUT2D eigenvalue weighted by molar-refractivity contribution is -0.115. The van der Waals surface area contributed by atoms with Crippen LogP contribution in [0.2, 0.25) is 5.02 Å². The molecule has 1 heterocycles. The molecule has 0 fully saturated rings. The number of ether oxygens (including phenoxy) is 1. The third-order valence-corrected chi connectivity index (χ3v) is 5.10. The molecule has 0 aliphatic heterocycles. The van der Waals surface area contributed by atoms with E-state index in [2.05, 4.69) is 10.3 Å². The molecular formula is C20H19ClN2O2S. The van der Waals surface area contributed by atoms with Crippen molar-refractivity contribution in [2.45, 2.75) is 20.3 Å². The number of amides is 1. The van der Waals surface area contributed by atoms with Gasteiger partial charge in [0.15, 0.2) is 0 Å². The molecule has 0 spiro atoms. The molecule has 1 amide bonds. The first-order chi connectivity index (χ1) is 12.6. The molecule has 3 rings (SSSR count). The number of anilines is 1. The minimum Gasteiger partial charge on any atom is -0.493 e. The second-order valence-corrected chi connectivity index (χ2v) is 7.03. The molecule has 1 aromatic heterocycles. The van der Waals surface area contributed by atoms with E-state index in [-0.39, 0.29) is 12.3 Å².